The van der Waals surface area contributed by atoms with E-state index in [1.807, 2.05) is 0 Å². The van der Waals surface area contributed by atoms with E-state index in [0.29, 0.717) is 6.04 Å². The Morgan fingerprint density at radius 2 is 1.67 bits per heavy atom. The van der Waals surface area contributed by atoms with Crippen molar-refractivity contribution in [2.75, 3.05) is 39.3 Å². The second kappa shape index (κ2) is 7.46. The van der Waals surface area contributed by atoms with E-state index in [1.54, 1.807) is 0 Å². The van der Waals surface area contributed by atoms with Gasteiger partial charge in [0.05, 0.1) is 0 Å². The minimum absolute atomic E-state index is 0.654. The van der Waals surface area contributed by atoms with Crippen LogP contribution in [0.25, 0.3) is 0 Å². The fourth-order valence-corrected chi connectivity index (χ4v) is 3.40. The number of hydrogen-bond donors (Lipinski definition) is 1. The zero-order valence-corrected chi connectivity index (χ0v) is 12.3. The van der Waals surface area contributed by atoms with E-state index in [4.69, 9.17) is 0 Å². The van der Waals surface area contributed by atoms with Crippen LogP contribution in [0.4, 0.5) is 0 Å². The SMILES string of the molecule is CCN1CCC(NC(C)CN2CCCCC2)CC1. The summed E-state index contributed by atoms with van der Waals surface area (Å²) >= 11 is 0. The summed E-state index contributed by atoms with van der Waals surface area (Å²) in [5, 5.41) is 3.84. The van der Waals surface area contributed by atoms with Gasteiger partial charge in [0.1, 0.15) is 0 Å². The van der Waals surface area contributed by atoms with Gasteiger partial charge < -0.3 is 15.1 Å². The van der Waals surface area contributed by atoms with Crippen molar-refractivity contribution in [3.05, 3.63) is 0 Å². The van der Waals surface area contributed by atoms with E-state index in [9.17, 15) is 0 Å². The minimum Gasteiger partial charge on any atom is -0.310 e. The molecule has 0 spiro atoms. The van der Waals surface area contributed by atoms with Crippen LogP contribution in [-0.4, -0.2) is 61.2 Å². The third kappa shape index (κ3) is 4.52. The van der Waals surface area contributed by atoms with Gasteiger partial charge in [0, 0.05) is 18.6 Å². The molecule has 0 amide bonds. The van der Waals surface area contributed by atoms with Crippen LogP contribution in [0.3, 0.4) is 0 Å². The Bertz CT molecular complexity index is 218. The molecule has 0 saturated carbocycles. The third-order valence-corrected chi connectivity index (χ3v) is 4.54. The molecule has 3 nitrogen and oxygen atoms in total. The molecule has 1 unspecified atom stereocenters. The highest BCUT2D eigenvalue weighted by Gasteiger charge is 2.20. The number of nitrogens with one attached hydrogen (secondary N) is 1. The van der Waals surface area contributed by atoms with E-state index < -0.39 is 0 Å². The molecule has 1 N–H and O–H groups in total. The van der Waals surface area contributed by atoms with Gasteiger partial charge in [0.25, 0.3) is 0 Å². The summed E-state index contributed by atoms with van der Waals surface area (Å²) in [6.45, 7) is 12.3. The fourth-order valence-electron chi connectivity index (χ4n) is 3.40. The molecule has 0 radical (unpaired) electrons. The molecular formula is C15H31N3. The lowest BCUT2D eigenvalue weighted by atomic mass is 10.0. The molecule has 0 aromatic rings. The first kappa shape index (κ1) is 14.3. The summed E-state index contributed by atoms with van der Waals surface area (Å²) in [6, 6.07) is 1.41. The average molecular weight is 253 g/mol. The highest BCUT2D eigenvalue weighted by molar-refractivity contribution is 4.80. The maximum atomic E-state index is 3.84. The Labute approximate surface area is 113 Å². The summed E-state index contributed by atoms with van der Waals surface area (Å²) < 4.78 is 0. The summed E-state index contributed by atoms with van der Waals surface area (Å²) in [7, 11) is 0. The van der Waals surface area contributed by atoms with E-state index >= 15 is 0 Å². The number of likely N-dealkylation sites (tertiary alicyclic amines) is 2. The van der Waals surface area contributed by atoms with Crippen molar-refractivity contribution < 1.29 is 0 Å². The molecule has 2 saturated heterocycles. The third-order valence-electron chi connectivity index (χ3n) is 4.54. The number of rotatable bonds is 5. The van der Waals surface area contributed by atoms with Crippen molar-refractivity contribution in [2.45, 2.75) is 58.0 Å². The maximum absolute atomic E-state index is 3.84. The fraction of sp³-hybridized carbons (Fsp3) is 1.00. The second-order valence-corrected chi connectivity index (χ2v) is 6.14. The second-order valence-electron chi connectivity index (χ2n) is 6.14. The molecule has 0 bridgehead atoms. The number of nitrogens with zero attached hydrogens (tertiary/aromatic N) is 2. The van der Waals surface area contributed by atoms with E-state index in [2.05, 4.69) is 29.0 Å². The van der Waals surface area contributed by atoms with Crippen LogP contribution >= 0.6 is 0 Å². The van der Waals surface area contributed by atoms with Crippen LogP contribution in [0.1, 0.15) is 46.0 Å². The predicted molar refractivity (Wildman–Crippen MR) is 78.0 cm³/mol. The molecule has 1 atom stereocenters. The zero-order valence-electron chi connectivity index (χ0n) is 12.3. The molecule has 3 heteroatoms. The van der Waals surface area contributed by atoms with Gasteiger partial charge in [0.15, 0.2) is 0 Å². The Balaban J connectivity index is 1.63. The lowest BCUT2D eigenvalue weighted by Crippen LogP contribution is -2.49. The van der Waals surface area contributed by atoms with Crippen LogP contribution in [0.2, 0.25) is 0 Å². The molecule has 18 heavy (non-hydrogen) atoms. The molecule has 0 aromatic carbocycles. The first-order valence-corrected chi connectivity index (χ1v) is 7.98. The Morgan fingerprint density at radius 3 is 2.28 bits per heavy atom. The molecule has 2 fully saturated rings. The van der Waals surface area contributed by atoms with E-state index in [-0.39, 0.29) is 0 Å². The van der Waals surface area contributed by atoms with Crippen molar-refractivity contribution in [2.24, 2.45) is 0 Å². The highest BCUT2D eigenvalue weighted by atomic mass is 15.2. The van der Waals surface area contributed by atoms with Crippen molar-refractivity contribution >= 4 is 0 Å². The lowest BCUT2D eigenvalue weighted by Gasteiger charge is -2.35. The van der Waals surface area contributed by atoms with Gasteiger partial charge in [-0.1, -0.05) is 13.3 Å². The zero-order chi connectivity index (χ0) is 12.8. The van der Waals surface area contributed by atoms with Crippen LogP contribution in [0.5, 0.6) is 0 Å². The van der Waals surface area contributed by atoms with Gasteiger partial charge in [-0.3, -0.25) is 0 Å². The maximum Gasteiger partial charge on any atom is 0.0169 e. The Kier molecular flexibility index (Phi) is 5.93. The smallest absolute Gasteiger partial charge is 0.0169 e. The summed E-state index contributed by atoms with van der Waals surface area (Å²) in [4.78, 5) is 5.20. The molecule has 0 aliphatic carbocycles. The Hall–Kier alpha value is -0.120. The van der Waals surface area contributed by atoms with Crippen LogP contribution in [-0.2, 0) is 0 Å². The van der Waals surface area contributed by atoms with Gasteiger partial charge in [-0.2, -0.15) is 0 Å². The first-order valence-electron chi connectivity index (χ1n) is 7.98. The average Bonchev–Trinajstić information content (AvgIpc) is 2.40. The standard InChI is InChI=1S/C15H31N3/c1-3-17-11-7-15(8-12-17)16-14(2)13-18-9-5-4-6-10-18/h14-16H,3-13H2,1-2H3. The largest absolute Gasteiger partial charge is 0.310 e. The highest BCUT2D eigenvalue weighted by Crippen LogP contribution is 2.12. The molecule has 2 rings (SSSR count). The van der Waals surface area contributed by atoms with Crippen LogP contribution in [0.15, 0.2) is 0 Å². The van der Waals surface area contributed by atoms with Gasteiger partial charge >= 0.3 is 0 Å². The molecule has 0 aromatic heterocycles. The van der Waals surface area contributed by atoms with Crippen molar-refractivity contribution in [1.29, 1.82) is 0 Å². The Morgan fingerprint density at radius 1 is 1.00 bits per heavy atom. The molecule has 106 valence electrons. The lowest BCUT2D eigenvalue weighted by molar-refractivity contribution is 0.175. The molecule has 2 aliphatic rings. The van der Waals surface area contributed by atoms with Gasteiger partial charge in [-0.25, -0.2) is 0 Å². The quantitative estimate of drug-likeness (QED) is 0.808. The van der Waals surface area contributed by atoms with Crippen LogP contribution < -0.4 is 5.32 Å². The molecule has 2 heterocycles. The monoisotopic (exact) mass is 253 g/mol. The summed E-state index contributed by atoms with van der Waals surface area (Å²) in [6.07, 6.45) is 6.91. The summed E-state index contributed by atoms with van der Waals surface area (Å²) in [5.41, 5.74) is 0. The molecular weight excluding hydrogens is 222 g/mol. The van der Waals surface area contributed by atoms with Crippen molar-refractivity contribution in [3.63, 3.8) is 0 Å². The number of piperidine rings is 2. The van der Waals surface area contributed by atoms with E-state index in [0.717, 1.165) is 6.04 Å². The van der Waals surface area contributed by atoms with Gasteiger partial charge in [0.2, 0.25) is 0 Å². The first-order chi connectivity index (χ1) is 8.78. The topological polar surface area (TPSA) is 18.5 Å². The molecule has 2 aliphatic heterocycles. The number of hydrogen-bond acceptors (Lipinski definition) is 3. The van der Waals surface area contributed by atoms with Gasteiger partial charge in [-0.15, -0.1) is 0 Å². The van der Waals surface area contributed by atoms with Crippen molar-refractivity contribution in [3.8, 4) is 0 Å². The minimum atomic E-state index is 0.654. The van der Waals surface area contributed by atoms with Crippen molar-refractivity contribution in [1.82, 2.24) is 15.1 Å². The van der Waals surface area contributed by atoms with E-state index in [1.165, 1.54) is 71.4 Å². The van der Waals surface area contributed by atoms with Crippen LogP contribution in [0, 0.1) is 0 Å². The summed E-state index contributed by atoms with van der Waals surface area (Å²) in [5.74, 6) is 0. The normalized spacial score (nSPS) is 26.3. The predicted octanol–water partition coefficient (Wildman–Crippen LogP) is 1.93. The van der Waals surface area contributed by atoms with Gasteiger partial charge in [-0.05, 0) is 65.3 Å².